The minimum Gasteiger partial charge on any atom is -0.335 e. The Labute approximate surface area is 155 Å². The quantitative estimate of drug-likeness (QED) is 0.581. The predicted molar refractivity (Wildman–Crippen MR) is 106 cm³/mol. The van der Waals surface area contributed by atoms with Crippen molar-refractivity contribution >= 4 is 34.0 Å². The van der Waals surface area contributed by atoms with E-state index in [1.165, 1.54) is 11.3 Å². The highest BCUT2D eigenvalue weighted by molar-refractivity contribution is 7.13. The van der Waals surface area contributed by atoms with E-state index < -0.39 is 0 Å². The number of hydrogen-bond donors (Lipinski definition) is 1. The van der Waals surface area contributed by atoms with Crippen molar-refractivity contribution in [2.24, 2.45) is 7.05 Å². The highest BCUT2D eigenvalue weighted by Crippen LogP contribution is 2.31. The summed E-state index contributed by atoms with van der Waals surface area (Å²) in [6, 6.07) is 9.91. The summed E-state index contributed by atoms with van der Waals surface area (Å²) in [7, 11) is 1.96. The van der Waals surface area contributed by atoms with Gasteiger partial charge in [0.15, 0.2) is 0 Å². The number of pyridine rings is 1. The molecule has 3 heterocycles. The normalized spacial score (nSPS) is 11.0. The van der Waals surface area contributed by atoms with Crippen LogP contribution >= 0.6 is 11.3 Å². The van der Waals surface area contributed by atoms with Crippen LogP contribution in [0, 0.1) is 13.8 Å². The molecular weight excluding hydrogens is 344 g/mol. The van der Waals surface area contributed by atoms with E-state index in [2.05, 4.69) is 21.4 Å². The second kappa shape index (κ2) is 6.38. The summed E-state index contributed by atoms with van der Waals surface area (Å²) in [5, 5.41) is 6.58. The van der Waals surface area contributed by atoms with Crippen molar-refractivity contribution in [1.82, 2.24) is 14.5 Å². The Balaban J connectivity index is 1.64. The van der Waals surface area contributed by atoms with Crippen LogP contribution < -0.4 is 5.32 Å². The monoisotopic (exact) mass is 362 g/mol. The molecule has 0 aliphatic heterocycles. The van der Waals surface area contributed by atoms with E-state index >= 15 is 0 Å². The molecule has 4 rings (SSSR count). The van der Waals surface area contributed by atoms with Crippen molar-refractivity contribution in [1.29, 1.82) is 0 Å². The van der Waals surface area contributed by atoms with Gasteiger partial charge in [-0.05, 0) is 49.2 Å². The summed E-state index contributed by atoms with van der Waals surface area (Å²) in [5.41, 5.74) is 5.33. The highest BCUT2D eigenvalue weighted by atomic mass is 32.1. The highest BCUT2D eigenvalue weighted by Gasteiger charge is 2.16. The zero-order valence-corrected chi connectivity index (χ0v) is 15.6. The van der Waals surface area contributed by atoms with Crippen LogP contribution in [0.4, 0.5) is 5.69 Å². The largest absolute Gasteiger partial charge is 0.335 e. The molecule has 0 aliphatic rings. The van der Waals surface area contributed by atoms with Crippen LogP contribution in [0.15, 0.2) is 48.1 Å². The summed E-state index contributed by atoms with van der Waals surface area (Å²) >= 11 is 1.46. The minimum atomic E-state index is -0.198. The van der Waals surface area contributed by atoms with E-state index in [1.54, 1.807) is 11.6 Å². The number of anilines is 1. The molecule has 3 aromatic heterocycles. The van der Waals surface area contributed by atoms with E-state index in [-0.39, 0.29) is 5.91 Å². The lowest BCUT2D eigenvalue weighted by atomic mass is 10.1. The molecule has 0 atom stereocenters. The molecule has 1 N–H and O–H groups in total. The Morgan fingerprint density at radius 2 is 1.96 bits per heavy atom. The lowest BCUT2D eigenvalue weighted by molar-refractivity contribution is 0.102. The van der Waals surface area contributed by atoms with Gasteiger partial charge >= 0.3 is 0 Å². The molecule has 1 amide bonds. The molecule has 0 unspecified atom stereocenters. The van der Waals surface area contributed by atoms with Crippen molar-refractivity contribution < 1.29 is 4.79 Å². The molecule has 0 aliphatic carbocycles. The van der Waals surface area contributed by atoms with Gasteiger partial charge in [-0.25, -0.2) is 9.97 Å². The zero-order chi connectivity index (χ0) is 18.3. The maximum Gasteiger partial charge on any atom is 0.275 e. The van der Waals surface area contributed by atoms with Gasteiger partial charge < -0.3 is 9.88 Å². The number of rotatable bonds is 3. The standard InChI is InChI=1S/C20H18N4OS/c1-12-7-13(2)9-14(8-12)22-19(25)17-11-26-20(23-17)16-10-24(3)18-15(16)5-4-6-21-18/h4-11H,1-3H3,(H,22,25). The van der Waals surface area contributed by atoms with Gasteiger partial charge in [0, 0.05) is 41.5 Å². The molecule has 1 aromatic carbocycles. The van der Waals surface area contributed by atoms with Crippen molar-refractivity contribution in [3.05, 3.63) is 64.9 Å². The molecule has 4 aromatic rings. The average molecular weight is 362 g/mol. The maximum absolute atomic E-state index is 12.6. The number of fused-ring (bicyclic) bond motifs is 1. The smallest absolute Gasteiger partial charge is 0.275 e. The average Bonchev–Trinajstić information content (AvgIpc) is 3.19. The van der Waals surface area contributed by atoms with Crippen molar-refractivity contribution in [2.75, 3.05) is 5.32 Å². The number of thiazole rings is 1. The molecule has 26 heavy (non-hydrogen) atoms. The molecule has 0 fully saturated rings. The molecule has 0 radical (unpaired) electrons. The predicted octanol–water partition coefficient (Wildman–Crippen LogP) is 4.57. The van der Waals surface area contributed by atoms with Crippen LogP contribution in [0.3, 0.4) is 0 Å². The van der Waals surface area contributed by atoms with Crippen LogP contribution in [0.25, 0.3) is 21.6 Å². The topological polar surface area (TPSA) is 59.8 Å². The first-order chi connectivity index (χ1) is 12.5. The number of benzene rings is 1. The van der Waals surface area contributed by atoms with Crippen molar-refractivity contribution in [3.8, 4) is 10.6 Å². The van der Waals surface area contributed by atoms with Crippen LogP contribution in [-0.4, -0.2) is 20.4 Å². The molecule has 0 saturated heterocycles. The number of aryl methyl sites for hydroxylation is 3. The fourth-order valence-electron chi connectivity index (χ4n) is 3.13. The van der Waals surface area contributed by atoms with E-state index in [0.717, 1.165) is 38.4 Å². The van der Waals surface area contributed by atoms with Gasteiger partial charge in [0.1, 0.15) is 16.3 Å². The molecule has 0 spiro atoms. The molecular formula is C20H18N4OS. The summed E-state index contributed by atoms with van der Waals surface area (Å²) in [6.45, 7) is 4.02. The second-order valence-electron chi connectivity index (χ2n) is 6.40. The first-order valence-corrected chi connectivity index (χ1v) is 9.15. The first-order valence-electron chi connectivity index (χ1n) is 8.27. The van der Waals surface area contributed by atoms with Gasteiger partial charge in [-0.1, -0.05) is 6.07 Å². The van der Waals surface area contributed by atoms with E-state index in [4.69, 9.17) is 0 Å². The van der Waals surface area contributed by atoms with E-state index in [9.17, 15) is 4.79 Å². The minimum absolute atomic E-state index is 0.198. The summed E-state index contributed by atoms with van der Waals surface area (Å²) < 4.78 is 1.97. The Bertz CT molecular complexity index is 1110. The third-order valence-corrected chi connectivity index (χ3v) is 5.06. The maximum atomic E-state index is 12.6. The summed E-state index contributed by atoms with van der Waals surface area (Å²) in [4.78, 5) is 21.5. The number of amides is 1. The Morgan fingerprint density at radius 1 is 1.19 bits per heavy atom. The first kappa shape index (κ1) is 16.5. The summed E-state index contributed by atoms with van der Waals surface area (Å²) in [6.07, 6.45) is 3.78. The van der Waals surface area contributed by atoms with Crippen molar-refractivity contribution in [2.45, 2.75) is 13.8 Å². The van der Waals surface area contributed by atoms with Crippen molar-refractivity contribution in [3.63, 3.8) is 0 Å². The SMILES string of the molecule is Cc1cc(C)cc(NC(=O)c2csc(-c3cn(C)c4ncccc34)n2)c1. The van der Waals surface area contributed by atoms with Crippen LogP contribution in [0.5, 0.6) is 0 Å². The van der Waals surface area contributed by atoms with E-state index in [1.807, 2.05) is 55.9 Å². The molecule has 5 nitrogen and oxygen atoms in total. The fourth-order valence-corrected chi connectivity index (χ4v) is 3.95. The van der Waals surface area contributed by atoms with Crippen LogP contribution in [0.2, 0.25) is 0 Å². The van der Waals surface area contributed by atoms with Crippen LogP contribution in [-0.2, 0) is 7.05 Å². The van der Waals surface area contributed by atoms with Gasteiger partial charge in [0.2, 0.25) is 0 Å². The lowest BCUT2D eigenvalue weighted by Gasteiger charge is -2.06. The third kappa shape index (κ3) is 2.99. The van der Waals surface area contributed by atoms with Gasteiger partial charge in [0.25, 0.3) is 5.91 Å². The Kier molecular flexibility index (Phi) is 4.05. The van der Waals surface area contributed by atoms with Crippen LogP contribution in [0.1, 0.15) is 21.6 Å². The molecule has 0 bridgehead atoms. The number of nitrogens with zero attached hydrogens (tertiary/aromatic N) is 3. The Hall–Kier alpha value is -2.99. The Morgan fingerprint density at radius 3 is 2.73 bits per heavy atom. The zero-order valence-electron chi connectivity index (χ0n) is 14.8. The van der Waals surface area contributed by atoms with Gasteiger partial charge in [0.05, 0.1) is 0 Å². The molecule has 6 heteroatoms. The lowest BCUT2D eigenvalue weighted by Crippen LogP contribution is -2.12. The van der Waals surface area contributed by atoms with Gasteiger partial charge in [-0.15, -0.1) is 11.3 Å². The molecule has 130 valence electrons. The van der Waals surface area contributed by atoms with Gasteiger partial charge in [-0.3, -0.25) is 4.79 Å². The van der Waals surface area contributed by atoms with E-state index in [0.29, 0.717) is 5.69 Å². The number of carbonyl (C=O) groups excluding carboxylic acids is 1. The van der Waals surface area contributed by atoms with Gasteiger partial charge in [-0.2, -0.15) is 0 Å². The molecule has 0 saturated carbocycles. The number of hydrogen-bond acceptors (Lipinski definition) is 4. The third-order valence-electron chi connectivity index (χ3n) is 4.18. The number of aromatic nitrogens is 3. The fraction of sp³-hybridized carbons (Fsp3) is 0.150. The second-order valence-corrected chi connectivity index (χ2v) is 7.25. The number of nitrogens with one attached hydrogen (secondary N) is 1. The number of carbonyl (C=O) groups is 1. The summed E-state index contributed by atoms with van der Waals surface area (Å²) in [5.74, 6) is -0.198.